The molecule has 0 radical (unpaired) electrons. The Kier molecular flexibility index (Phi) is 3.89. The number of nitro benzene ring substituents is 1. The van der Waals surface area contributed by atoms with Crippen molar-refractivity contribution >= 4 is 23.3 Å². The third kappa shape index (κ3) is 2.76. The fourth-order valence-corrected chi connectivity index (χ4v) is 1.54. The molecule has 1 aromatic rings. The lowest BCUT2D eigenvalue weighted by atomic mass is 9.85. The highest BCUT2D eigenvalue weighted by Gasteiger charge is 2.34. The molecule has 1 N–H and O–H groups in total. The number of nitrogens with zero attached hydrogens (tertiary/aromatic N) is 2. The molecule has 0 amide bonds. The standard InChI is InChI=1S/C11H9ClN2O4/c1-11(6-13,10(15)16)5-7-4-8(14(17)18)2-3-9(7)12/h2-4H,5H2,1H3,(H,15,16). The number of benzene rings is 1. The monoisotopic (exact) mass is 268 g/mol. The van der Waals surface area contributed by atoms with Crippen LogP contribution in [0.1, 0.15) is 12.5 Å². The maximum absolute atomic E-state index is 11.0. The number of hydrogen-bond acceptors (Lipinski definition) is 4. The highest BCUT2D eigenvalue weighted by Crippen LogP contribution is 2.29. The molecule has 18 heavy (non-hydrogen) atoms. The molecule has 94 valence electrons. The number of hydrogen-bond donors (Lipinski definition) is 1. The van der Waals surface area contributed by atoms with Gasteiger partial charge in [-0.3, -0.25) is 14.9 Å². The summed E-state index contributed by atoms with van der Waals surface area (Å²) in [5, 5.41) is 28.7. The largest absolute Gasteiger partial charge is 0.480 e. The van der Waals surface area contributed by atoms with E-state index in [4.69, 9.17) is 22.0 Å². The highest BCUT2D eigenvalue weighted by molar-refractivity contribution is 6.31. The Balaban J connectivity index is 3.19. The van der Waals surface area contributed by atoms with Crippen molar-refractivity contribution in [3.05, 3.63) is 38.9 Å². The summed E-state index contributed by atoms with van der Waals surface area (Å²) in [5.74, 6) is -1.30. The second kappa shape index (κ2) is 5.02. The molecule has 0 aromatic heterocycles. The van der Waals surface area contributed by atoms with E-state index in [0.29, 0.717) is 0 Å². The smallest absolute Gasteiger partial charge is 0.324 e. The minimum absolute atomic E-state index is 0.194. The molecule has 0 saturated heterocycles. The molecule has 0 aliphatic heterocycles. The van der Waals surface area contributed by atoms with E-state index in [1.54, 1.807) is 6.07 Å². The van der Waals surface area contributed by atoms with Gasteiger partial charge in [-0.2, -0.15) is 5.26 Å². The summed E-state index contributed by atoms with van der Waals surface area (Å²) in [4.78, 5) is 21.0. The number of nitro groups is 1. The van der Waals surface area contributed by atoms with Crippen molar-refractivity contribution in [2.45, 2.75) is 13.3 Å². The van der Waals surface area contributed by atoms with Crippen molar-refractivity contribution in [1.82, 2.24) is 0 Å². The van der Waals surface area contributed by atoms with E-state index in [1.807, 2.05) is 0 Å². The zero-order chi connectivity index (χ0) is 13.9. The van der Waals surface area contributed by atoms with Crippen LogP contribution in [0, 0.1) is 26.9 Å². The van der Waals surface area contributed by atoms with Crippen LogP contribution < -0.4 is 0 Å². The first-order valence-electron chi connectivity index (χ1n) is 4.87. The van der Waals surface area contributed by atoms with Crippen molar-refractivity contribution in [2.75, 3.05) is 0 Å². The van der Waals surface area contributed by atoms with Crippen molar-refractivity contribution in [2.24, 2.45) is 5.41 Å². The van der Waals surface area contributed by atoms with Gasteiger partial charge in [-0.25, -0.2) is 0 Å². The molecule has 0 aliphatic rings. The summed E-state index contributed by atoms with van der Waals surface area (Å²) in [6, 6.07) is 5.39. The number of aliphatic carboxylic acids is 1. The van der Waals surface area contributed by atoms with Gasteiger partial charge in [0.25, 0.3) is 5.69 Å². The maximum Gasteiger partial charge on any atom is 0.324 e. The van der Waals surface area contributed by atoms with Crippen LogP contribution in [-0.4, -0.2) is 16.0 Å². The van der Waals surface area contributed by atoms with Crippen molar-refractivity contribution in [3.8, 4) is 6.07 Å². The summed E-state index contributed by atoms with van der Waals surface area (Å²) in [5.41, 5.74) is -1.60. The summed E-state index contributed by atoms with van der Waals surface area (Å²) in [6.07, 6.45) is -0.195. The number of rotatable bonds is 4. The Morgan fingerprint density at radius 3 is 2.72 bits per heavy atom. The zero-order valence-corrected chi connectivity index (χ0v) is 10.1. The summed E-state index contributed by atoms with van der Waals surface area (Å²) in [7, 11) is 0. The lowest BCUT2D eigenvalue weighted by Gasteiger charge is -2.16. The van der Waals surface area contributed by atoms with Crippen LogP contribution in [-0.2, 0) is 11.2 Å². The van der Waals surface area contributed by atoms with Gasteiger partial charge in [-0.15, -0.1) is 0 Å². The Bertz CT molecular complexity index is 552. The van der Waals surface area contributed by atoms with E-state index in [1.165, 1.54) is 25.1 Å². The Morgan fingerprint density at radius 1 is 1.67 bits per heavy atom. The molecule has 7 heteroatoms. The molecule has 6 nitrogen and oxygen atoms in total. The number of non-ortho nitro benzene ring substituents is 1. The van der Waals surface area contributed by atoms with Crippen LogP contribution in [0.15, 0.2) is 18.2 Å². The Hall–Kier alpha value is -2.13. The molecule has 0 aliphatic carbocycles. The molecule has 1 atom stereocenters. The van der Waals surface area contributed by atoms with Crippen LogP contribution in [0.25, 0.3) is 0 Å². The first-order chi connectivity index (χ1) is 8.30. The van der Waals surface area contributed by atoms with Gasteiger partial charge in [0.05, 0.1) is 11.0 Å². The van der Waals surface area contributed by atoms with Gasteiger partial charge in [0, 0.05) is 23.6 Å². The number of halogens is 1. The highest BCUT2D eigenvalue weighted by atomic mass is 35.5. The Morgan fingerprint density at radius 2 is 2.28 bits per heavy atom. The van der Waals surface area contributed by atoms with Crippen molar-refractivity contribution in [1.29, 1.82) is 5.26 Å². The summed E-state index contributed by atoms with van der Waals surface area (Å²) < 4.78 is 0. The van der Waals surface area contributed by atoms with E-state index in [-0.39, 0.29) is 22.7 Å². The van der Waals surface area contributed by atoms with Gasteiger partial charge < -0.3 is 5.11 Å². The molecule has 1 rings (SSSR count). The summed E-state index contributed by atoms with van der Waals surface area (Å²) >= 11 is 5.84. The Labute approximate surface area is 108 Å². The number of carboxylic acid groups (broad SMARTS) is 1. The van der Waals surface area contributed by atoms with Crippen LogP contribution in [0.4, 0.5) is 5.69 Å². The average Bonchev–Trinajstić information content (AvgIpc) is 2.31. The van der Waals surface area contributed by atoms with E-state index in [0.717, 1.165) is 0 Å². The minimum Gasteiger partial charge on any atom is -0.480 e. The lowest BCUT2D eigenvalue weighted by Crippen LogP contribution is -2.28. The normalized spacial score (nSPS) is 13.4. The second-order valence-electron chi connectivity index (χ2n) is 3.96. The molecule has 1 aromatic carbocycles. The first-order valence-corrected chi connectivity index (χ1v) is 5.25. The van der Waals surface area contributed by atoms with E-state index in [2.05, 4.69) is 0 Å². The minimum atomic E-state index is -1.67. The van der Waals surface area contributed by atoms with E-state index < -0.39 is 16.3 Å². The molecule has 0 bridgehead atoms. The predicted octanol–water partition coefficient (Wildman–Crippen LogP) is 2.41. The quantitative estimate of drug-likeness (QED) is 0.667. The maximum atomic E-state index is 11.0. The van der Waals surface area contributed by atoms with Gasteiger partial charge >= 0.3 is 5.97 Å². The molecular weight excluding hydrogens is 260 g/mol. The molecule has 0 saturated carbocycles. The van der Waals surface area contributed by atoms with E-state index >= 15 is 0 Å². The number of carbonyl (C=O) groups is 1. The first kappa shape index (κ1) is 13.9. The van der Waals surface area contributed by atoms with Gasteiger partial charge in [-0.05, 0) is 18.6 Å². The number of carboxylic acids is 1. The van der Waals surface area contributed by atoms with Crippen LogP contribution in [0.5, 0.6) is 0 Å². The molecule has 1 unspecified atom stereocenters. The van der Waals surface area contributed by atoms with Crippen LogP contribution in [0.2, 0.25) is 5.02 Å². The third-order valence-electron chi connectivity index (χ3n) is 2.50. The average molecular weight is 269 g/mol. The third-order valence-corrected chi connectivity index (χ3v) is 2.87. The van der Waals surface area contributed by atoms with Crippen molar-refractivity contribution in [3.63, 3.8) is 0 Å². The molecular formula is C11H9ClN2O4. The molecule has 0 heterocycles. The topological polar surface area (TPSA) is 104 Å². The SMILES string of the molecule is CC(C#N)(Cc1cc([N+](=O)[O-])ccc1Cl)C(=O)O. The second-order valence-corrected chi connectivity index (χ2v) is 4.37. The van der Waals surface area contributed by atoms with Crippen molar-refractivity contribution < 1.29 is 14.8 Å². The predicted molar refractivity (Wildman–Crippen MR) is 63.2 cm³/mol. The lowest BCUT2D eigenvalue weighted by molar-refractivity contribution is -0.384. The summed E-state index contributed by atoms with van der Waals surface area (Å²) in [6.45, 7) is 1.24. The van der Waals surface area contributed by atoms with E-state index in [9.17, 15) is 14.9 Å². The van der Waals surface area contributed by atoms with Gasteiger partial charge in [0.1, 0.15) is 0 Å². The van der Waals surface area contributed by atoms with Gasteiger partial charge in [-0.1, -0.05) is 11.6 Å². The van der Waals surface area contributed by atoms with Crippen LogP contribution >= 0.6 is 11.6 Å². The van der Waals surface area contributed by atoms with Gasteiger partial charge in [0.15, 0.2) is 5.41 Å². The molecule has 0 spiro atoms. The number of nitriles is 1. The van der Waals surface area contributed by atoms with Gasteiger partial charge in [0.2, 0.25) is 0 Å². The fraction of sp³-hybridized carbons (Fsp3) is 0.273. The zero-order valence-electron chi connectivity index (χ0n) is 9.38. The fourth-order valence-electron chi connectivity index (χ4n) is 1.35. The van der Waals surface area contributed by atoms with Crippen LogP contribution in [0.3, 0.4) is 0 Å². The molecule has 0 fully saturated rings.